The molecule has 1 aromatic rings. The number of nitrogens with zero attached hydrogens (tertiary/aromatic N) is 1. The number of hydrogen-bond acceptors (Lipinski definition) is 3. The second kappa shape index (κ2) is 6.66. The van der Waals surface area contributed by atoms with Crippen LogP contribution in [-0.4, -0.2) is 34.3 Å². The molecule has 2 aliphatic rings. The van der Waals surface area contributed by atoms with Crippen LogP contribution in [0.1, 0.15) is 51.1 Å². The summed E-state index contributed by atoms with van der Waals surface area (Å²) in [6.45, 7) is 3.00. The van der Waals surface area contributed by atoms with E-state index in [4.69, 9.17) is 0 Å². The first-order valence-corrected chi connectivity index (χ1v) is 8.66. The van der Waals surface area contributed by atoms with Crippen LogP contribution in [0.25, 0.3) is 0 Å². The lowest BCUT2D eigenvalue weighted by molar-refractivity contribution is -0.138. The second-order valence-corrected chi connectivity index (χ2v) is 6.97. The molecule has 0 bridgehead atoms. The summed E-state index contributed by atoms with van der Waals surface area (Å²) in [7, 11) is 0. The van der Waals surface area contributed by atoms with E-state index in [0.717, 1.165) is 29.9 Å². The minimum absolute atomic E-state index is 0.122. The quantitative estimate of drug-likeness (QED) is 0.805. The average Bonchev–Trinajstić information content (AvgIpc) is 3.12. The number of benzene rings is 1. The molecule has 2 atom stereocenters. The molecular weight excluding hydrogens is 344 g/mol. The van der Waals surface area contributed by atoms with Gasteiger partial charge in [-0.3, -0.25) is 9.59 Å². The van der Waals surface area contributed by atoms with Gasteiger partial charge in [0.2, 0.25) is 5.91 Å². The third-order valence-corrected chi connectivity index (χ3v) is 5.20. The van der Waals surface area contributed by atoms with E-state index in [1.165, 1.54) is 13.0 Å². The smallest absolute Gasteiger partial charge is 0.325 e. The van der Waals surface area contributed by atoms with E-state index in [1.807, 2.05) is 0 Å². The summed E-state index contributed by atoms with van der Waals surface area (Å²) in [4.78, 5) is 38.4. The standard InChI is InChI=1S/C18H21F2N3O3/c1-10(13-6-5-12(19)9-14(13)20)21-15(24)11(2)23-16(25)18(22-17(23)26)7-3-4-8-18/h5-6,9-11H,3-4,7-8H2,1-2H3,(H,21,24)(H,22,26). The van der Waals surface area contributed by atoms with Gasteiger partial charge in [0.05, 0.1) is 6.04 Å². The SMILES string of the molecule is CC(NC(=O)C(C)N1C(=O)NC2(CCCC2)C1=O)c1ccc(F)cc1F. The summed E-state index contributed by atoms with van der Waals surface area (Å²) in [5.41, 5.74) is -0.767. The Balaban J connectivity index is 1.71. The first-order valence-electron chi connectivity index (χ1n) is 8.66. The Morgan fingerprint density at radius 1 is 1.23 bits per heavy atom. The molecule has 0 radical (unpaired) electrons. The van der Waals surface area contributed by atoms with E-state index in [-0.39, 0.29) is 11.5 Å². The first kappa shape index (κ1) is 18.3. The summed E-state index contributed by atoms with van der Waals surface area (Å²) in [6.07, 6.45) is 2.84. The van der Waals surface area contributed by atoms with Crippen LogP contribution in [0.4, 0.5) is 13.6 Å². The molecule has 140 valence electrons. The van der Waals surface area contributed by atoms with Crippen molar-refractivity contribution in [3.8, 4) is 0 Å². The molecule has 1 saturated heterocycles. The zero-order chi connectivity index (χ0) is 19.1. The molecule has 1 heterocycles. The highest BCUT2D eigenvalue weighted by atomic mass is 19.1. The van der Waals surface area contributed by atoms with Crippen LogP contribution in [0, 0.1) is 11.6 Å². The van der Waals surface area contributed by atoms with E-state index < -0.39 is 41.2 Å². The lowest BCUT2D eigenvalue weighted by Crippen LogP contribution is -2.50. The van der Waals surface area contributed by atoms with E-state index >= 15 is 0 Å². The Labute approximate surface area is 149 Å². The topological polar surface area (TPSA) is 78.5 Å². The van der Waals surface area contributed by atoms with Crippen LogP contribution in [0.5, 0.6) is 0 Å². The largest absolute Gasteiger partial charge is 0.348 e. The van der Waals surface area contributed by atoms with Crippen LogP contribution in [0.3, 0.4) is 0 Å². The Morgan fingerprint density at radius 2 is 1.88 bits per heavy atom. The molecule has 3 rings (SSSR count). The van der Waals surface area contributed by atoms with Gasteiger partial charge in [-0.05, 0) is 32.8 Å². The predicted octanol–water partition coefficient (Wildman–Crippen LogP) is 2.40. The third kappa shape index (κ3) is 3.04. The van der Waals surface area contributed by atoms with Crippen LogP contribution in [-0.2, 0) is 9.59 Å². The highest BCUT2D eigenvalue weighted by Crippen LogP contribution is 2.35. The van der Waals surface area contributed by atoms with Gasteiger partial charge in [-0.1, -0.05) is 18.9 Å². The lowest BCUT2D eigenvalue weighted by Gasteiger charge is -2.25. The Morgan fingerprint density at radius 3 is 2.50 bits per heavy atom. The van der Waals surface area contributed by atoms with Gasteiger partial charge in [0.25, 0.3) is 5.91 Å². The minimum atomic E-state index is -1.03. The van der Waals surface area contributed by atoms with Crippen LogP contribution >= 0.6 is 0 Å². The number of halogens is 2. The average molecular weight is 365 g/mol. The second-order valence-electron chi connectivity index (χ2n) is 6.97. The zero-order valence-electron chi connectivity index (χ0n) is 14.6. The van der Waals surface area contributed by atoms with Gasteiger partial charge in [0.15, 0.2) is 0 Å². The Kier molecular flexibility index (Phi) is 4.68. The maximum absolute atomic E-state index is 13.9. The lowest BCUT2D eigenvalue weighted by atomic mass is 9.97. The number of urea groups is 1. The number of hydrogen-bond donors (Lipinski definition) is 2. The molecule has 1 aliphatic carbocycles. The molecule has 26 heavy (non-hydrogen) atoms. The first-order chi connectivity index (χ1) is 12.2. The maximum atomic E-state index is 13.9. The molecule has 1 saturated carbocycles. The van der Waals surface area contributed by atoms with Gasteiger partial charge in [0.1, 0.15) is 23.2 Å². The van der Waals surface area contributed by atoms with Gasteiger partial charge in [-0.25, -0.2) is 18.5 Å². The predicted molar refractivity (Wildman–Crippen MR) is 89.0 cm³/mol. The number of carbonyl (C=O) groups is 3. The van der Waals surface area contributed by atoms with Crippen molar-refractivity contribution in [1.29, 1.82) is 0 Å². The van der Waals surface area contributed by atoms with E-state index in [1.54, 1.807) is 6.92 Å². The molecule has 2 fully saturated rings. The number of rotatable bonds is 4. The summed E-state index contributed by atoms with van der Waals surface area (Å²) >= 11 is 0. The number of nitrogens with one attached hydrogen (secondary N) is 2. The fourth-order valence-electron chi connectivity index (χ4n) is 3.69. The molecule has 1 aromatic carbocycles. The summed E-state index contributed by atoms with van der Waals surface area (Å²) in [5.74, 6) is -2.45. The van der Waals surface area contributed by atoms with Crippen molar-refractivity contribution in [3.05, 3.63) is 35.4 Å². The highest BCUT2D eigenvalue weighted by molar-refractivity contribution is 6.10. The molecule has 0 aromatic heterocycles. The molecule has 8 heteroatoms. The normalized spacial score (nSPS) is 21.0. The fourth-order valence-corrected chi connectivity index (χ4v) is 3.69. The summed E-state index contributed by atoms with van der Waals surface area (Å²) < 4.78 is 26.9. The molecule has 2 unspecified atom stereocenters. The van der Waals surface area contributed by atoms with Crippen molar-refractivity contribution in [1.82, 2.24) is 15.5 Å². The monoisotopic (exact) mass is 365 g/mol. The van der Waals surface area contributed by atoms with Crippen molar-refractivity contribution in [2.24, 2.45) is 0 Å². The van der Waals surface area contributed by atoms with E-state index in [2.05, 4.69) is 10.6 Å². The molecule has 1 spiro atoms. The van der Waals surface area contributed by atoms with Crippen molar-refractivity contribution >= 4 is 17.8 Å². The van der Waals surface area contributed by atoms with E-state index in [9.17, 15) is 23.2 Å². The molecule has 2 N–H and O–H groups in total. The Hall–Kier alpha value is -2.51. The van der Waals surface area contributed by atoms with Crippen molar-refractivity contribution in [2.75, 3.05) is 0 Å². The van der Waals surface area contributed by atoms with Crippen LogP contribution < -0.4 is 10.6 Å². The molecular formula is C18H21F2N3O3. The number of amides is 4. The third-order valence-electron chi connectivity index (χ3n) is 5.20. The van der Waals surface area contributed by atoms with Crippen molar-refractivity contribution < 1.29 is 23.2 Å². The fraction of sp³-hybridized carbons (Fsp3) is 0.500. The van der Waals surface area contributed by atoms with Gasteiger partial charge in [-0.15, -0.1) is 0 Å². The van der Waals surface area contributed by atoms with Gasteiger partial charge in [0, 0.05) is 11.6 Å². The van der Waals surface area contributed by atoms with Gasteiger partial charge < -0.3 is 10.6 Å². The van der Waals surface area contributed by atoms with Crippen molar-refractivity contribution in [3.63, 3.8) is 0 Å². The maximum Gasteiger partial charge on any atom is 0.325 e. The number of imide groups is 1. The van der Waals surface area contributed by atoms with E-state index in [0.29, 0.717) is 12.8 Å². The number of carbonyl (C=O) groups excluding carboxylic acids is 3. The zero-order valence-corrected chi connectivity index (χ0v) is 14.6. The Bertz CT molecular complexity index is 762. The minimum Gasteiger partial charge on any atom is -0.348 e. The summed E-state index contributed by atoms with van der Waals surface area (Å²) in [5, 5.41) is 5.30. The molecule has 6 nitrogen and oxygen atoms in total. The van der Waals surface area contributed by atoms with Gasteiger partial charge >= 0.3 is 6.03 Å². The highest BCUT2D eigenvalue weighted by Gasteiger charge is 2.54. The van der Waals surface area contributed by atoms with Crippen molar-refractivity contribution in [2.45, 2.75) is 57.2 Å². The van der Waals surface area contributed by atoms with Crippen LogP contribution in [0.2, 0.25) is 0 Å². The summed E-state index contributed by atoms with van der Waals surface area (Å²) in [6, 6.07) is 0.732. The molecule has 4 amide bonds. The van der Waals surface area contributed by atoms with Gasteiger partial charge in [-0.2, -0.15) is 0 Å². The molecule has 1 aliphatic heterocycles. The van der Waals surface area contributed by atoms with Crippen LogP contribution in [0.15, 0.2) is 18.2 Å².